The highest BCUT2D eigenvalue weighted by molar-refractivity contribution is 9.10. The van der Waals surface area contributed by atoms with Crippen LogP contribution < -0.4 is 16.2 Å². The number of hydrogen-bond donors (Lipinski definition) is 2. The second-order valence-corrected chi connectivity index (χ2v) is 3.86. The van der Waals surface area contributed by atoms with E-state index in [1.54, 1.807) is 0 Å². The molecule has 1 rings (SSSR count). The number of nitrogens with zero attached hydrogens (tertiary/aromatic N) is 2. The zero-order chi connectivity index (χ0) is 12.8. The van der Waals surface area contributed by atoms with Gasteiger partial charge < -0.3 is 10.6 Å². The number of amides is 1. The Morgan fingerprint density at radius 3 is 3.00 bits per heavy atom. The van der Waals surface area contributed by atoms with Gasteiger partial charge >= 0.3 is 0 Å². The smallest absolute Gasteiger partial charge is 0.284 e. The maximum atomic E-state index is 11.7. The van der Waals surface area contributed by atoms with E-state index in [1.807, 2.05) is 0 Å². The van der Waals surface area contributed by atoms with Crippen LogP contribution >= 0.6 is 15.9 Å². The Bertz CT molecular complexity index is 518. The van der Waals surface area contributed by atoms with Crippen molar-refractivity contribution in [3.63, 3.8) is 0 Å². The molecule has 2 N–H and O–H groups in total. The third-order valence-electron chi connectivity index (χ3n) is 1.94. The zero-order valence-corrected chi connectivity index (χ0v) is 10.7. The van der Waals surface area contributed by atoms with Crippen LogP contribution in [-0.4, -0.2) is 29.3 Å². The summed E-state index contributed by atoms with van der Waals surface area (Å²) in [6, 6.07) is 0. The van der Waals surface area contributed by atoms with Gasteiger partial charge in [-0.3, -0.25) is 9.59 Å². The molecule has 0 unspecified atom stereocenters. The standard InChI is InChI=1S/C10H11BrN4O2/c1-3-4-15-10(17)9(11)7(5-14-15)13-6-8(16)12-2/h1,5,13H,4,6H2,2H3,(H,12,16). The molecule has 0 aliphatic carbocycles. The number of likely N-dealkylation sites (N-methyl/N-ethyl adjacent to an activating group) is 1. The lowest BCUT2D eigenvalue weighted by atomic mass is 10.4. The van der Waals surface area contributed by atoms with Gasteiger partial charge in [-0.05, 0) is 15.9 Å². The summed E-state index contributed by atoms with van der Waals surface area (Å²) in [6.07, 6.45) is 6.54. The van der Waals surface area contributed by atoms with Gasteiger partial charge in [-0.25, -0.2) is 4.68 Å². The summed E-state index contributed by atoms with van der Waals surface area (Å²) in [5.74, 6) is 2.14. The van der Waals surface area contributed by atoms with E-state index >= 15 is 0 Å². The van der Waals surface area contributed by atoms with Crippen molar-refractivity contribution in [2.24, 2.45) is 0 Å². The summed E-state index contributed by atoms with van der Waals surface area (Å²) in [4.78, 5) is 22.7. The molecule has 0 spiro atoms. The fourth-order valence-corrected chi connectivity index (χ4v) is 1.50. The number of terminal acetylenes is 1. The van der Waals surface area contributed by atoms with E-state index in [1.165, 1.54) is 13.2 Å². The molecule has 0 saturated heterocycles. The molecule has 1 heterocycles. The number of hydrogen-bond acceptors (Lipinski definition) is 4. The average Bonchev–Trinajstić information content (AvgIpc) is 2.34. The predicted octanol–water partition coefficient (Wildman–Crippen LogP) is -0.203. The number of carbonyl (C=O) groups is 1. The molecule has 1 aromatic rings. The van der Waals surface area contributed by atoms with E-state index in [4.69, 9.17) is 6.42 Å². The lowest BCUT2D eigenvalue weighted by Crippen LogP contribution is -2.28. The van der Waals surface area contributed by atoms with Gasteiger partial charge in [0, 0.05) is 7.05 Å². The Morgan fingerprint density at radius 2 is 2.41 bits per heavy atom. The van der Waals surface area contributed by atoms with E-state index < -0.39 is 0 Å². The van der Waals surface area contributed by atoms with Crippen LogP contribution in [0.1, 0.15) is 0 Å². The maximum absolute atomic E-state index is 11.7. The SMILES string of the molecule is C#CCn1ncc(NCC(=O)NC)c(Br)c1=O. The summed E-state index contributed by atoms with van der Waals surface area (Å²) >= 11 is 3.14. The highest BCUT2D eigenvalue weighted by Crippen LogP contribution is 2.15. The Labute approximate surface area is 107 Å². The molecule has 0 atom stereocenters. The number of nitrogens with one attached hydrogen (secondary N) is 2. The summed E-state index contributed by atoms with van der Waals surface area (Å²) in [6.45, 7) is 0.169. The van der Waals surface area contributed by atoms with Crippen LogP contribution in [-0.2, 0) is 11.3 Å². The Balaban J connectivity index is 2.90. The quantitative estimate of drug-likeness (QED) is 0.755. The Morgan fingerprint density at radius 1 is 1.71 bits per heavy atom. The molecule has 0 aliphatic rings. The first-order chi connectivity index (χ1) is 8.10. The zero-order valence-electron chi connectivity index (χ0n) is 9.16. The molecule has 17 heavy (non-hydrogen) atoms. The van der Waals surface area contributed by atoms with Crippen molar-refractivity contribution in [3.8, 4) is 12.3 Å². The number of aromatic nitrogens is 2. The van der Waals surface area contributed by atoms with E-state index in [0.29, 0.717) is 10.2 Å². The molecule has 0 bridgehead atoms. The molecule has 0 fully saturated rings. The van der Waals surface area contributed by atoms with Crippen LogP contribution in [0.4, 0.5) is 5.69 Å². The van der Waals surface area contributed by atoms with Crippen LogP contribution in [0, 0.1) is 12.3 Å². The molecular weight excluding hydrogens is 288 g/mol. The molecule has 0 saturated carbocycles. The molecule has 1 aromatic heterocycles. The maximum Gasteiger partial charge on any atom is 0.284 e. The van der Waals surface area contributed by atoms with E-state index in [9.17, 15) is 9.59 Å². The topological polar surface area (TPSA) is 76.0 Å². The van der Waals surface area contributed by atoms with Crippen LogP contribution in [0.15, 0.2) is 15.5 Å². The van der Waals surface area contributed by atoms with Crippen molar-refractivity contribution in [2.45, 2.75) is 6.54 Å². The molecule has 90 valence electrons. The molecular formula is C10H11BrN4O2. The fraction of sp³-hybridized carbons (Fsp3) is 0.300. The van der Waals surface area contributed by atoms with Crippen molar-refractivity contribution in [3.05, 3.63) is 21.0 Å². The number of carbonyl (C=O) groups excluding carboxylic acids is 1. The van der Waals surface area contributed by atoms with Crippen molar-refractivity contribution < 1.29 is 4.79 Å². The third kappa shape index (κ3) is 3.32. The van der Waals surface area contributed by atoms with Gasteiger partial charge in [-0.1, -0.05) is 5.92 Å². The average molecular weight is 299 g/mol. The lowest BCUT2D eigenvalue weighted by molar-refractivity contribution is -0.118. The van der Waals surface area contributed by atoms with E-state index in [0.717, 1.165) is 4.68 Å². The first-order valence-corrected chi connectivity index (χ1v) is 5.53. The third-order valence-corrected chi connectivity index (χ3v) is 2.71. The van der Waals surface area contributed by atoms with Crippen LogP contribution in [0.25, 0.3) is 0 Å². The normalized spacial score (nSPS) is 9.47. The van der Waals surface area contributed by atoms with Crippen molar-refractivity contribution in [2.75, 3.05) is 18.9 Å². The Kier molecular flexibility index (Phi) is 4.72. The largest absolute Gasteiger partial charge is 0.374 e. The van der Waals surface area contributed by atoms with Crippen LogP contribution in [0.2, 0.25) is 0 Å². The molecule has 1 amide bonds. The predicted molar refractivity (Wildman–Crippen MR) is 67.6 cm³/mol. The van der Waals surface area contributed by atoms with Gasteiger partial charge in [0.25, 0.3) is 5.56 Å². The first kappa shape index (κ1) is 13.3. The first-order valence-electron chi connectivity index (χ1n) is 4.73. The molecule has 0 aromatic carbocycles. The van der Waals surface area contributed by atoms with Crippen molar-refractivity contribution in [1.82, 2.24) is 15.1 Å². The fourth-order valence-electron chi connectivity index (χ4n) is 1.05. The molecule has 7 heteroatoms. The van der Waals surface area contributed by atoms with Gasteiger partial charge in [-0.15, -0.1) is 6.42 Å². The minimum atomic E-state index is -0.343. The molecule has 6 nitrogen and oxygen atoms in total. The van der Waals surface area contributed by atoms with Crippen molar-refractivity contribution >= 4 is 27.5 Å². The number of anilines is 1. The highest BCUT2D eigenvalue weighted by Gasteiger charge is 2.08. The number of halogens is 1. The number of rotatable bonds is 4. The van der Waals surface area contributed by atoms with Crippen molar-refractivity contribution in [1.29, 1.82) is 0 Å². The minimum Gasteiger partial charge on any atom is -0.374 e. The van der Waals surface area contributed by atoms with Gasteiger partial charge in [0.1, 0.15) is 11.0 Å². The summed E-state index contributed by atoms with van der Waals surface area (Å²) in [7, 11) is 1.53. The second kappa shape index (κ2) is 6.06. The van der Waals surface area contributed by atoms with E-state index in [2.05, 4.69) is 37.6 Å². The minimum absolute atomic E-state index is 0.0649. The van der Waals surface area contributed by atoms with Gasteiger partial charge in [0.2, 0.25) is 5.91 Å². The van der Waals surface area contributed by atoms with E-state index in [-0.39, 0.29) is 24.6 Å². The van der Waals surface area contributed by atoms with Crippen LogP contribution in [0.5, 0.6) is 0 Å². The monoisotopic (exact) mass is 298 g/mol. The lowest BCUT2D eigenvalue weighted by Gasteiger charge is -2.08. The summed E-state index contributed by atoms with van der Waals surface area (Å²) < 4.78 is 1.45. The van der Waals surface area contributed by atoms with Crippen LogP contribution in [0.3, 0.4) is 0 Å². The summed E-state index contributed by atoms with van der Waals surface area (Å²) in [5.41, 5.74) is 0.108. The highest BCUT2D eigenvalue weighted by atomic mass is 79.9. The van der Waals surface area contributed by atoms with Gasteiger partial charge in [0.05, 0.1) is 18.4 Å². The second-order valence-electron chi connectivity index (χ2n) is 3.07. The summed E-state index contributed by atoms with van der Waals surface area (Å²) in [5, 5.41) is 9.11. The molecule has 0 radical (unpaired) electrons. The molecule has 0 aliphatic heterocycles. The van der Waals surface area contributed by atoms with Gasteiger partial charge in [-0.2, -0.15) is 5.10 Å². The van der Waals surface area contributed by atoms with Gasteiger partial charge in [0.15, 0.2) is 0 Å². The Hall–Kier alpha value is -1.81.